The number of nitrogens with zero attached hydrogens (tertiary/aromatic N) is 3. The Morgan fingerprint density at radius 2 is 2.13 bits per heavy atom. The molecule has 1 aliphatic rings. The number of hydrogen-bond acceptors (Lipinski definition) is 6. The number of hydrogen-bond donors (Lipinski definition) is 2. The van der Waals surface area contributed by atoms with Crippen molar-refractivity contribution >= 4 is 5.91 Å². The van der Waals surface area contributed by atoms with Crippen molar-refractivity contribution in [1.29, 1.82) is 0 Å². The molecule has 154 valence electrons. The van der Waals surface area contributed by atoms with Crippen molar-refractivity contribution in [2.24, 2.45) is 5.73 Å². The van der Waals surface area contributed by atoms with E-state index in [1.54, 1.807) is 19.1 Å². The number of primary amides is 1. The predicted molar refractivity (Wildman–Crippen MR) is 99.2 cm³/mol. The molecular formula is C20H16F2N4O4. The zero-order valence-corrected chi connectivity index (χ0v) is 15.9. The van der Waals surface area contributed by atoms with Gasteiger partial charge < -0.3 is 20.1 Å². The van der Waals surface area contributed by atoms with Crippen LogP contribution >= 0.6 is 0 Å². The van der Waals surface area contributed by atoms with Gasteiger partial charge in [0.2, 0.25) is 0 Å². The fourth-order valence-corrected chi connectivity index (χ4v) is 2.92. The van der Waals surface area contributed by atoms with Crippen LogP contribution in [0.2, 0.25) is 0 Å². The molecule has 0 fully saturated rings. The molecule has 0 saturated heterocycles. The summed E-state index contributed by atoms with van der Waals surface area (Å²) >= 11 is 0. The lowest BCUT2D eigenvalue weighted by molar-refractivity contribution is -0.0487. The quantitative estimate of drug-likeness (QED) is 0.620. The minimum atomic E-state index is -3.39. The third kappa shape index (κ3) is 3.40. The van der Waals surface area contributed by atoms with Crippen molar-refractivity contribution in [2.75, 3.05) is 6.61 Å². The van der Waals surface area contributed by atoms with E-state index in [2.05, 4.69) is 22.1 Å². The van der Waals surface area contributed by atoms with Gasteiger partial charge in [0, 0.05) is 11.6 Å². The number of amides is 1. The van der Waals surface area contributed by atoms with Crippen LogP contribution in [0.25, 0.3) is 5.69 Å². The normalized spacial score (nSPS) is 16.2. The lowest BCUT2D eigenvalue weighted by Gasteiger charge is -2.12. The van der Waals surface area contributed by atoms with Crippen LogP contribution in [0.4, 0.5) is 8.78 Å². The molecule has 3 heterocycles. The topological polar surface area (TPSA) is 116 Å². The van der Waals surface area contributed by atoms with Gasteiger partial charge in [0.15, 0.2) is 17.9 Å². The molecule has 4 rings (SSSR count). The maximum absolute atomic E-state index is 14.5. The largest absolute Gasteiger partial charge is 0.485 e. The SMILES string of the molecule is Cc1cc(C(C)(O)C#Cc2ccc3c(c2)-n2nc(C(N)=O)cc2C(F)(F)CO3)no1. The molecule has 10 heteroatoms. The zero-order valence-electron chi connectivity index (χ0n) is 15.9. The van der Waals surface area contributed by atoms with Gasteiger partial charge in [-0.05, 0) is 38.1 Å². The van der Waals surface area contributed by atoms with Gasteiger partial charge in [-0.3, -0.25) is 4.79 Å². The second kappa shape index (κ2) is 6.67. The third-order valence-corrected chi connectivity index (χ3v) is 4.51. The van der Waals surface area contributed by atoms with E-state index in [0.717, 1.165) is 10.7 Å². The molecule has 1 aliphatic heterocycles. The molecule has 0 bridgehead atoms. The molecular weight excluding hydrogens is 398 g/mol. The fraction of sp³-hybridized carbons (Fsp3) is 0.250. The van der Waals surface area contributed by atoms with Gasteiger partial charge in [0.1, 0.15) is 28.6 Å². The Morgan fingerprint density at radius 3 is 2.80 bits per heavy atom. The van der Waals surface area contributed by atoms with Crippen molar-refractivity contribution in [3.05, 3.63) is 58.7 Å². The highest BCUT2D eigenvalue weighted by molar-refractivity contribution is 5.91. The van der Waals surface area contributed by atoms with Crippen LogP contribution in [-0.4, -0.2) is 32.6 Å². The van der Waals surface area contributed by atoms with E-state index >= 15 is 0 Å². The molecule has 1 aromatic carbocycles. The summed E-state index contributed by atoms with van der Waals surface area (Å²) in [5.41, 5.74) is 3.59. The number of fused-ring (bicyclic) bond motifs is 3. The fourth-order valence-electron chi connectivity index (χ4n) is 2.92. The Kier molecular flexibility index (Phi) is 4.36. The number of aryl methyl sites for hydroxylation is 1. The van der Waals surface area contributed by atoms with Gasteiger partial charge in [0.05, 0.1) is 0 Å². The Balaban J connectivity index is 1.78. The van der Waals surface area contributed by atoms with Crippen LogP contribution in [0.3, 0.4) is 0 Å². The zero-order chi connectivity index (χ0) is 21.7. The van der Waals surface area contributed by atoms with Gasteiger partial charge in [-0.15, -0.1) is 0 Å². The number of carbonyl (C=O) groups is 1. The molecule has 3 aromatic rings. The number of aromatic nitrogens is 3. The lowest BCUT2D eigenvalue weighted by atomic mass is 10.0. The first-order chi connectivity index (χ1) is 14.1. The second-order valence-electron chi connectivity index (χ2n) is 7.01. The van der Waals surface area contributed by atoms with Crippen LogP contribution < -0.4 is 10.5 Å². The average molecular weight is 414 g/mol. The number of rotatable bonds is 2. The van der Waals surface area contributed by atoms with Crippen molar-refractivity contribution in [3.8, 4) is 23.3 Å². The molecule has 1 amide bonds. The van der Waals surface area contributed by atoms with Crippen LogP contribution in [0, 0.1) is 18.8 Å². The first kappa shape index (κ1) is 19.6. The maximum atomic E-state index is 14.5. The number of carbonyl (C=O) groups excluding carboxylic acids is 1. The number of halogens is 2. The van der Waals surface area contributed by atoms with Crippen molar-refractivity contribution in [2.45, 2.75) is 25.4 Å². The lowest BCUT2D eigenvalue weighted by Crippen LogP contribution is -2.23. The molecule has 30 heavy (non-hydrogen) atoms. The van der Waals surface area contributed by atoms with Gasteiger partial charge >= 0.3 is 5.92 Å². The van der Waals surface area contributed by atoms with E-state index in [9.17, 15) is 18.7 Å². The summed E-state index contributed by atoms with van der Waals surface area (Å²) < 4.78 is 40.1. The summed E-state index contributed by atoms with van der Waals surface area (Å²) in [6.45, 7) is 2.22. The minimum Gasteiger partial charge on any atom is -0.485 e. The Morgan fingerprint density at radius 1 is 1.37 bits per heavy atom. The van der Waals surface area contributed by atoms with Gasteiger partial charge in [0.25, 0.3) is 5.91 Å². The first-order valence-electron chi connectivity index (χ1n) is 8.81. The van der Waals surface area contributed by atoms with Gasteiger partial charge in [-0.2, -0.15) is 13.9 Å². The average Bonchev–Trinajstić information content (AvgIpc) is 3.30. The van der Waals surface area contributed by atoms with Crippen molar-refractivity contribution < 1.29 is 27.9 Å². The number of benzene rings is 1. The molecule has 2 aromatic heterocycles. The summed E-state index contributed by atoms with van der Waals surface area (Å²) in [5, 5.41) is 18.2. The smallest absolute Gasteiger partial charge is 0.323 e. The van der Waals surface area contributed by atoms with Gasteiger partial charge in [-0.1, -0.05) is 17.0 Å². The van der Waals surface area contributed by atoms with E-state index in [1.165, 1.54) is 19.1 Å². The summed E-state index contributed by atoms with van der Waals surface area (Å²) in [6, 6.07) is 6.98. The second-order valence-corrected chi connectivity index (χ2v) is 7.01. The van der Waals surface area contributed by atoms with Crippen LogP contribution in [0.1, 0.15) is 40.1 Å². The standard InChI is InChI=1S/C20H16F2N4O4/c1-11-7-16(25-30-11)19(2,28)6-5-12-3-4-15-14(8-12)26-17(20(21,22)10-29-15)9-13(24-26)18(23)27/h3-4,7-9,28H,10H2,1-2H3,(H2,23,27). The monoisotopic (exact) mass is 414 g/mol. The molecule has 1 atom stereocenters. The van der Waals surface area contributed by atoms with E-state index in [0.29, 0.717) is 11.3 Å². The Labute approximate surface area is 169 Å². The van der Waals surface area contributed by atoms with Crippen molar-refractivity contribution in [1.82, 2.24) is 14.9 Å². The summed E-state index contributed by atoms with van der Waals surface area (Å²) in [7, 11) is 0. The third-order valence-electron chi connectivity index (χ3n) is 4.51. The summed E-state index contributed by atoms with van der Waals surface area (Å²) in [4.78, 5) is 11.5. The summed E-state index contributed by atoms with van der Waals surface area (Å²) in [5.74, 6) is 1.81. The van der Waals surface area contributed by atoms with Crippen LogP contribution in [-0.2, 0) is 11.5 Å². The molecule has 3 N–H and O–H groups in total. The molecule has 8 nitrogen and oxygen atoms in total. The first-order valence-corrected chi connectivity index (χ1v) is 8.81. The molecule has 0 spiro atoms. The highest BCUT2D eigenvalue weighted by Gasteiger charge is 2.41. The van der Waals surface area contributed by atoms with Crippen molar-refractivity contribution in [3.63, 3.8) is 0 Å². The van der Waals surface area contributed by atoms with E-state index < -0.39 is 29.7 Å². The number of alkyl halides is 2. The number of aliphatic hydroxyl groups is 1. The Hall–Kier alpha value is -3.71. The van der Waals surface area contributed by atoms with Crippen LogP contribution in [0.15, 0.2) is 34.9 Å². The molecule has 0 radical (unpaired) electrons. The number of ether oxygens (including phenoxy) is 1. The predicted octanol–water partition coefficient (Wildman–Crippen LogP) is 2.01. The minimum absolute atomic E-state index is 0.136. The molecule has 0 saturated carbocycles. The van der Waals surface area contributed by atoms with Gasteiger partial charge in [-0.25, -0.2) is 4.68 Å². The number of nitrogens with two attached hydrogens (primary N) is 1. The Bertz CT molecular complexity index is 1220. The van der Waals surface area contributed by atoms with E-state index in [1.807, 2.05) is 0 Å². The van der Waals surface area contributed by atoms with Crippen LogP contribution in [0.5, 0.6) is 5.75 Å². The maximum Gasteiger partial charge on any atom is 0.323 e. The van der Waals surface area contributed by atoms with E-state index in [4.69, 9.17) is 15.0 Å². The summed E-state index contributed by atoms with van der Waals surface area (Å²) in [6.07, 6.45) is 0. The van der Waals surface area contributed by atoms with E-state index in [-0.39, 0.29) is 22.8 Å². The highest BCUT2D eigenvalue weighted by atomic mass is 19.3. The molecule has 1 unspecified atom stereocenters. The molecule has 0 aliphatic carbocycles. The highest BCUT2D eigenvalue weighted by Crippen LogP contribution is 2.37.